The maximum atomic E-state index is 9.95. The van der Waals surface area contributed by atoms with Crippen LogP contribution in [0.15, 0.2) is 392 Å². The van der Waals surface area contributed by atoms with Crippen molar-refractivity contribution in [2.45, 2.75) is 26.2 Å². The molecule has 0 saturated carbocycles. The number of nitrogens with zero attached hydrogens (tertiary/aromatic N) is 4. The van der Waals surface area contributed by atoms with Gasteiger partial charge in [0.15, 0.2) is 0 Å². The molecule has 2 aliphatic heterocycles. The van der Waals surface area contributed by atoms with Gasteiger partial charge in [-0.1, -0.05) is 318 Å². The van der Waals surface area contributed by atoms with Gasteiger partial charge in [0.2, 0.25) is 0 Å². The molecule has 5 heterocycles. The first-order valence-electron chi connectivity index (χ1n) is 42.2. The van der Waals surface area contributed by atoms with Gasteiger partial charge in [-0.25, -0.2) is 0 Å². The Morgan fingerprint density at radius 1 is 0.286 bits per heavy atom. The first kappa shape index (κ1) is 57.0. The zero-order chi connectivity index (χ0) is 81.2. The zero-order valence-corrected chi connectivity index (χ0v) is 61.6. The summed E-state index contributed by atoms with van der Waals surface area (Å²) in [6.45, 7) is 6.21. The van der Waals surface area contributed by atoms with Crippen LogP contribution in [0.4, 0.5) is 34.1 Å². The monoisotopic (exact) mass is 1440 g/mol. The molecule has 0 fully saturated rings. The van der Waals surface area contributed by atoms with Gasteiger partial charge in [-0.15, -0.1) is 0 Å². The fraction of sp³-hybridized carbons (Fsp3) is 0.0377. The molecule has 0 saturated heterocycles. The largest absolute Gasteiger partial charge is 0.456 e. The number of furan rings is 1. The molecule has 0 unspecified atom stereocenters. The van der Waals surface area contributed by atoms with Crippen molar-refractivity contribution >= 4 is 123 Å². The van der Waals surface area contributed by atoms with E-state index in [0.717, 1.165) is 178 Å². The van der Waals surface area contributed by atoms with Gasteiger partial charge in [0, 0.05) is 94.3 Å². The van der Waals surface area contributed by atoms with Gasteiger partial charge in [0.25, 0.3) is 6.71 Å². The Morgan fingerprint density at radius 2 is 0.723 bits per heavy atom. The van der Waals surface area contributed by atoms with Crippen LogP contribution in [0.3, 0.4) is 0 Å². The number of hydrogen-bond donors (Lipinski definition) is 0. The lowest BCUT2D eigenvalue weighted by molar-refractivity contribution is 0.590. The van der Waals surface area contributed by atoms with E-state index in [2.05, 4.69) is 345 Å². The molecular weight excluding hydrogens is 1360 g/mol. The van der Waals surface area contributed by atoms with E-state index in [-0.39, 0.29) is 39.3 Å². The Balaban J connectivity index is 0.940. The molecule has 22 rings (SSSR count). The molecule has 0 spiro atoms. The molecule has 0 aliphatic carbocycles. The van der Waals surface area contributed by atoms with Crippen LogP contribution < -0.4 is 26.2 Å². The minimum atomic E-state index is -0.561. The summed E-state index contributed by atoms with van der Waals surface area (Å²) >= 11 is 0. The molecular formula is C106H73BN4O. The fourth-order valence-corrected chi connectivity index (χ4v) is 18.0. The smallest absolute Gasteiger partial charge is 0.252 e. The van der Waals surface area contributed by atoms with Gasteiger partial charge in [-0.05, 0) is 168 Å². The number of hydrogen-bond acceptors (Lipinski definition) is 3. The highest BCUT2D eigenvalue weighted by Crippen LogP contribution is 2.55. The predicted octanol–water partition coefficient (Wildman–Crippen LogP) is 26.8. The van der Waals surface area contributed by atoms with Crippen molar-refractivity contribution in [3.05, 3.63) is 394 Å². The van der Waals surface area contributed by atoms with Crippen molar-refractivity contribution in [2.24, 2.45) is 0 Å². The molecule has 2 aliphatic rings. The number of fused-ring (bicyclic) bond motifs is 13. The Bertz CT molecular complexity index is 7480. The fourth-order valence-electron chi connectivity index (χ4n) is 18.0. The molecule has 526 valence electrons. The summed E-state index contributed by atoms with van der Waals surface area (Å²) in [4.78, 5) is 5.01. The van der Waals surface area contributed by atoms with E-state index in [9.17, 15) is 8.22 Å². The minimum Gasteiger partial charge on any atom is -0.456 e. The molecule has 20 aromatic rings. The summed E-state index contributed by atoms with van der Waals surface area (Å²) in [5, 5.41) is 4.17. The molecule has 0 N–H and O–H groups in total. The second kappa shape index (κ2) is 25.7. The Labute approximate surface area is 662 Å². The van der Waals surface area contributed by atoms with Crippen LogP contribution in [0.25, 0.3) is 155 Å². The normalized spacial score (nSPS) is 13.5. The molecule has 17 aromatic carbocycles. The lowest BCUT2D eigenvalue weighted by Crippen LogP contribution is -2.61. The van der Waals surface area contributed by atoms with E-state index in [4.69, 9.17) is 7.16 Å². The molecule has 6 heteroatoms. The zero-order valence-electron chi connectivity index (χ0n) is 69.6. The van der Waals surface area contributed by atoms with Crippen LogP contribution in [0.1, 0.15) is 37.3 Å². The van der Waals surface area contributed by atoms with E-state index in [1.807, 2.05) is 30.3 Å². The van der Waals surface area contributed by atoms with E-state index in [1.54, 1.807) is 4.57 Å². The summed E-state index contributed by atoms with van der Waals surface area (Å²) in [5.41, 5.74) is 28.2. The second-order valence-corrected chi connectivity index (χ2v) is 30.4. The first-order chi connectivity index (χ1) is 58.5. The highest BCUT2D eigenvalue weighted by atomic mass is 16.3. The number of anilines is 6. The van der Waals surface area contributed by atoms with Gasteiger partial charge in [0.05, 0.1) is 44.4 Å². The topological polar surface area (TPSA) is 29.5 Å². The minimum absolute atomic E-state index is 0.00534. The van der Waals surface area contributed by atoms with Crippen LogP contribution in [-0.4, -0.2) is 15.8 Å². The molecule has 0 radical (unpaired) electrons. The number of rotatable bonds is 11. The SMILES string of the molecule is [2H]c1c([2H])c([2H])c2c(c1[2H])c1c([2H])c([2H])c([2H])c([2H])c1n2-c1ccc2c(c1)N(c1c(-c3ccccc3)cccc1-c1ccccc1)c1cc(-c3cc(-c4ccc(C(C)(C)C)cc4)c4c(c3)c3ccccc3n4-c3ccccc3)cc3c1B2c1ccc(-c2ccc4oc5ccccc5c4c2)cc1N3c1c(-c2ccccc2)cccc1-c1ccccc1. The molecule has 0 atom stereocenters. The Kier molecular flexibility index (Phi) is 13.1. The van der Waals surface area contributed by atoms with E-state index in [1.165, 1.54) is 5.56 Å². The first-order valence-corrected chi connectivity index (χ1v) is 38.2. The van der Waals surface area contributed by atoms with Crippen molar-refractivity contribution in [1.29, 1.82) is 0 Å². The van der Waals surface area contributed by atoms with E-state index in [0.29, 0.717) is 5.69 Å². The van der Waals surface area contributed by atoms with Gasteiger partial charge in [0.1, 0.15) is 11.2 Å². The maximum Gasteiger partial charge on any atom is 0.252 e. The average molecular weight is 1440 g/mol. The Morgan fingerprint density at radius 3 is 1.29 bits per heavy atom. The molecule has 5 nitrogen and oxygen atoms in total. The number of aromatic nitrogens is 2. The van der Waals surface area contributed by atoms with Crippen molar-refractivity contribution in [1.82, 2.24) is 9.13 Å². The third-order valence-electron chi connectivity index (χ3n) is 23.1. The lowest BCUT2D eigenvalue weighted by atomic mass is 9.33. The van der Waals surface area contributed by atoms with Crippen molar-refractivity contribution in [3.63, 3.8) is 0 Å². The van der Waals surface area contributed by atoms with Crippen LogP contribution in [0.5, 0.6) is 0 Å². The molecule has 112 heavy (non-hydrogen) atoms. The standard InChI is InChI=1S/C106H73BN4O/c1-106(2,3)77-55-51-72(52-56-77)88-62-75(63-90-86-41-21-25-49-95(86)109(105(88)90)78-37-17-8-18-38-78)76-65-98-102-99(66-76)111(104-82(70-33-13-6-14-34-70)45-28-46-83(104)71-35-15-7-16-36-71)97-67-79(108-93-47-23-19-39-84(93)85-40-20-24-48-94(85)108)57-59-92(97)107(102)91-58-53-74(73-54-60-101-89(61-73)87-42-22-26-50-100(87)112-101)64-96(91)110(98)103-80(68-29-9-4-10-30-68)43-27-44-81(103)69-31-11-5-12-32-69/h4-67H,1-3H3/i19D,20D,23D,24D,39D,40D,47D,48D. The van der Waals surface area contributed by atoms with Crippen LogP contribution >= 0.6 is 0 Å². The van der Waals surface area contributed by atoms with Gasteiger partial charge in [-0.2, -0.15) is 0 Å². The number of benzene rings is 17. The predicted molar refractivity (Wildman–Crippen MR) is 473 cm³/mol. The Hall–Kier alpha value is -14.2. The van der Waals surface area contributed by atoms with E-state index >= 15 is 0 Å². The summed E-state index contributed by atoms with van der Waals surface area (Å²) in [7, 11) is 0. The van der Waals surface area contributed by atoms with Gasteiger partial charge < -0.3 is 23.4 Å². The summed E-state index contributed by atoms with van der Waals surface area (Å²) in [5.74, 6) is 0. The van der Waals surface area contributed by atoms with Gasteiger partial charge >= 0.3 is 0 Å². The van der Waals surface area contributed by atoms with Crippen LogP contribution in [0.2, 0.25) is 0 Å². The molecule has 3 aromatic heterocycles. The summed E-state index contributed by atoms with van der Waals surface area (Å²) < 4.78 is 86.9. The average Bonchev–Trinajstić information content (AvgIpc) is 0.865. The van der Waals surface area contributed by atoms with Crippen molar-refractivity contribution in [3.8, 4) is 89.3 Å². The van der Waals surface area contributed by atoms with E-state index < -0.39 is 43.0 Å². The third kappa shape index (κ3) is 10.3. The summed E-state index contributed by atoms with van der Waals surface area (Å²) in [6.07, 6.45) is 0. The van der Waals surface area contributed by atoms with Crippen molar-refractivity contribution < 1.29 is 15.4 Å². The third-order valence-corrected chi connectivity index (χ3v) is 23.1. The van der Waals surface area contributed by atoms with Gasteiger partial charge in [-0.3, -0.25) is 0 Å². The highest BCUT2D eigenvalue weighted by Gasteiger charge is 2.46. The second-order valence-electron chi connectivity index (χ2n) is 30.4. The highest BCUT2D eigenvalue weighted by molar-refractivity contribution is 7.00. The molecule has 0 bridgehead atoms. The lowest BCUT2D eigenvalue weighted by Gasteiger charge is -2.46. The van der Waals surface area contributed by atoms with Crippen LogP contribution in [0, 0.1) is 0 Å². The van der Waals surface area contributed by atoms with Crippen LogP contribution in [-0.2, 0) is 5.41 Å². The molecule has 0 amide bonds. The maximum absolute atomic E-state index is 9.95. The number of para-hydroxylation sites is 7. The summed E-state index contributed by atoms with van der Waals surface area (Å²) in [6, 6.07) is 118. The quantitative estimate of drug-likeness (QED) is 0.121. The van der Waals surface area contributed by atoms with Crippen molar-refractivity contribution in [2.75, 3.05) is 9.80 Å².